The quantitative estimate of drug-likeness (QED) is 0.409. The zero-order chi connectivity index (χ0) is 27.4. The predicted molar refractivity (Wildman–Crippen MR) is 137 cm³/mol. The lowest BCUT2D eigenvalue weighted by Crippen LogP contribution is -2.52. The molecule has 1 N–H and O–H groups in total. The fraction of sp³-hybridized carbons (Fsp3) is 0.519. The molecule has 2 aliphatic rings. The smallest absolute Gasteiger partial charge is 0.277 e. The first kappa shape index (κ1) is 26.4. The van der Waals surface area contributed by atoms with Gasteiger partial charge in [-0.1, -0.05) is 18.2 Å². The largest absolute Gasteiger partial charge is 0.377 e. The summed E-state index contributed by atoms with van der Waals surface area (Å²) in [5.41, 5.74) is -1.14. The van der Waals surface area contributed by atoms with Gasteiger partial charge in [-0.3, -0.25) is 4.79 Å². The van der Waals surface area contributed by atoms with Crippen LogP contribution >= 0.6 is 0 Å². The lowest BCUT2D eigenvalue weighted by molar-refractivity contribution is 0.0756. The van der Waals surface area contributed by atoms with E-state index in [1.165, 1.54) is 16.7 Å². The predicted octanol–water partition coefficient (Wildman–Crippen LogP) is 5.42. The first-order valence-corrected chi connectivity index (χ1v) is 12.8. The van der Waals surface area contributed by atoms with Crippen molar-refractivity contribution in [2.45, 2.75) is 70.6 Å². The highest BCUT2D eigenvalue weighted by Crippen LogP contribution is 2.44. The second-order valence-electron chi connectivity index (χ2n) is 10.5. The van der Waals surface area contributed by atoms with Crippen molar-refractivity contribution < 1.29 is 22.3 Å². The van der Waals surface area contributed by atoms with Crippen LogP contribution in [0.1, 0.15) is 63.0 Å². The molecule has 38 heavy (non-hydrogen) atoms. The monoisotopic (exact) mass is 533 g/mol. The number of nitrogens with one attached hydrogen (secondary N) is 1. The van der Waals surface area contributed by atoms with Crippen LogP contribution in [-0.4, -0.2) is 46.5 Å². The van der Waals surface area contributed by atoms with Gasteiger partial charge in [0, 0.05) is 11.8 Å². The first-order valence-electron chi connectivity index (χ1n) is 12.8. The number of alkyl halides is 3. The molecule has 2 aromatic heterocycles. The van der Waals surface area contributed by atoms with Gasteiger partial charge in [0.1, 0.15) is 35.3 Å². The van der Waals surface area contributed by atoms with Crippen LogP contribution in [0.4, 0.5) is 29.1 Å². The molecule has 3 heterocycles. The van der Waals surface area contributed by atoms with E-state index in [1.54, 1.807) is 20.0 Å². The summed E-state index contributed by atoms with van der Waals surface area (Å²) in [6.45, 7) is 7.37. The zero-order valence-corrected chi connectivity index (χ0v) is 21.8. The number of halogens is 4. The summed E-state index contributed by atoms with van der Waals surface area (Å²) < 4.78 is 62.9. The Morgan fingerprint density at radius 3 is 2.42 bits per heavy atom. The topological polar surface area (TPSA) is 72.3 Å². The van der Waals surface area contributed by atoms with E-state index in [2.05, 4.69) is 15.3 Å². The minimum atomic E-state index is -2.95. The Morgan fingerprint density at radius 2 is 1.82 bits per heavy atom. The minimum absolute atomic E-state index is 0.0543. The Labute approximate surface area is 217 Å². The standard InChI is InChI=1S/C27H31F4N5O2/c1-14-11-38-12-15(2)36(14)23-22-20(10-35(26(23)37)27(13-28)8-9-27)25(34-17(4)33-22)32-16(3)18-6-5-7-19(21(18)29)24(30)31/h5-7,10,14-16,24H,8-9,11-13H2,1-4H3,(H,32,33,34)/t14-,15-,16+/m0/s1. The summed E-state index contributed by atoms with van der Waals surface area (Å²) in [5, 5.41) is 3.62. The van der Waals surface area contributed by atoms with E-state index < -0.39 is 36.1 Å². The van der Waals surface area contributed by atoms with E-state index in [1.807, 2.05) is 18.7 Å². The molecule has 5 rings (SSSR count). The van der Waals surface area contributed by atoms with E-state index >= 15 is 0 Å². The number of ether oxygens (including phenoxy) is 1. The molecule has 0 radical (unpaired) electrons. The summed E-state index contributed by atoms with van der Waals surface area (Å²) in [4.78, 5) is 25.1. The lowest BCUT2D eigenvalue weighted by Gasteiger charge is -2.40. The number of anilines is 2. The van der Waals surface area contributed by atoms with Crippen molar-refractivity contribution >= 4 is 22.4 Å². The summed E-state index contributed by atoms with van der Waals surface area (Å²) in [6, 6.07) is 2.87. The van der Waals surface area contributed by atoms with E-state index in [4.69, 9.17) is 4.74 Å². The second kappa shape index (κ2) is 9.83. The lowest BCUT2D eigenvalue weighted by atomic mass is 10.0. The fourth-order valence-corrected chi connectivity index (χ4v) is 5.36. The number of rotatable bonds is 7. The van der Waals surface area contributed by atoms with Crippen molar-refractivity contribution in [1.82, 2.24) is 14.5 Å². The molecule has 7 nitrogen and oxygen atoms in total. The maximum absolute atomic E-state index is 14.9. The summed E-state index contributed by atoms with van der Waals surface area (Å²) >= 11 is 0. The van der Waals surface area contributed by atoms with Gasteiger partial charge in [-0.15, -0.1) is 0 Å². The third-order valence-corrected chi connectivity index (χ3v) is 7.59. The van der Waals surface area contributed by atoms with Gasteiger partial charge in [-0.25, -0.2) is 27.5 Å². The van der Waals surface area contributed by atoms with Crippen molar-refractivity contribution in [2.24, 2.45) is 0 Å². The van der Waals surface area contributed by atoms with Gasteiger partial charge in [0.05, 0.1) is 47.8 Å². The molecule has 0 amide bonds. The summed E-state index contributed by atoms with van der Waals surface area (Å²) in [5.74, 6) is -0.312. The summed E-state index contributed by atoms with van der Waals surface area (Å²) in [6.07, 6.45) is -0.321. The number of aromatic nitrogens is 3. The van der Waals surface area contributed by atoms with Crippen molar-refractivity contribution in [1.29, 1.82) is 0 Å². The maximum atomic E-state index is 14.9. The molecule has 11 heteroatoms. The average Bonchev–Trinajstić information content (AvgIpc) is 3.66. The van der Waals surface area contributed by atoms with Crippen LogP contribution in [0.2, 0.25) is 0 Å². The molecular formula is C27H31F4N5O2. The number of hydrogen-bond donors (Lipinski definition) is 1. The molecule has 1 saturated heterocycles. The van der Waals surface area contributed by atoms with Crippen LogP contribution in [0.15, 0.2) is 29.2 Å². The van der Waals surface area contributed by atoms with E-state index in [0.717, 1.165) is 6.07 Å². The van der Waals surface area contributed by atoms with Gasteiger partial charge >= 0.3 is 0 Å². The molecule has 1 aliphatic heterocycles. The van der Waals surface area contributed by atoms with Crippen LogP contribution in [0.3, 0.4) is 0 Å². The van der Waals surface area contributed by atoms with Gasteiger partial charge in [0.25, 0.3) is 12.0 Å². The molecule has 0 spiro atoms. The average molecular weight is 534 g/mol. The first-order chi connectivity index (χ1) is 18.1. The molecule has 3 atom stereocenters. The molecule has 1 aromatic carbocycles. The van der Waals surface area contributed by atoms with Crippen LogP contribution in [0, 0.1) is 12.7 Å². The molecule has 204 valence electrons. The van der Waals surface area contributed by atoms with Gasteiger partial charge in [0.15, 0.2) is 0 Å². The Balaban J connectivity index is 1.70. The third kappa shape index (κ3) is 4.40. The van der Waals surface area contributed by atoms with E-state index in [9.17, 15) is 22.4 Å². The van der Waals surface area contributed by atoms with Crippen molar-refractivity contribution in [2.75, 3.05) is 30.1 Å². The molecule has 3 aromatic rings. The normalized spacial score (nSPS) is 21.7. The van der Waals surface area contributed by atoms with Crippen LogP contribution in [-0.2, 0) is 10.3 Å². The number of aryl methyl sites for hydroxylation is 1. The Hall–Kier alpha value is -3.21. The van der Waals surface area contributed by atoms with Crippen molar-refractivity contribution in [3.63, 3.8) is 0 Å². The van der Waals surface area contributed by atoms with Crippen LogP contribution in [0.5, 0.6) is 0 Å². The summed E-state index contributed by atoms with van der Waals surface area (Å²) in [7, 11) is 0. The number of morpholine rings is 1. The SMILES string of the molecule is Cc1nc(N[C@H](C)c2cccc(C(F)F)c2F)c2cn(C3(CF)CC3)c(=O)c(N3[C@@H](C)COC[C@@H]3C)c2n1. The molecule has 2 fully saturated rings. The third-order valence-electron chi connectivity index (χ3n) is 7.59. The molecular weight excluding hydrogens is 502 g/mol. The fourth-order valence-electron chi connectivity index (χ4n) is 5.36. The minimum Gasteiger partial charge on any atom is -0.377 e. The number of fused-ring (bicyclic) bond motifs is 1. The molecule has 1 saturated carbocycles. The Bertz CT molecular complexity index is 1410. The van der Waals surface area contributed by atoms with Gasteiger partial charge in [-0.2, -0.15) is 0 Å². The van der Waals surface area contributed by atoms with Crippen molar-refractivity contribution in [3.8, 4) is 0 Å². The van der Waals surface area contributed by atoms with E-state index in [0.29, 0.717) is 54.3 Å². The Morgan fingerprint density at radius 1 is 1.16 bits per heavy atom. The van der Waals surface area contributed by atoms with Crippen molar-refractivity contribution in [3.05, 3.63) is 57.5 Å². The van der Waals surface area contributed by atoms with Gasteiger partial charge < -0.3 is 19.5 Å². The second-order valence-corrected chi connectivity index (χ2v) is 10.5. The van der Waals surface area contributed by atoms with Gasteiger partial charge in [-0.05, 0) is 40.5 Å². The number of pyridine rings is 1. The van der Waals surface area contributed by atoms with Gasteiger partial charge in [0.2, 0.25) is 0 Å². The molecule has 0 bridgehead atoms. The Kier molecular flexibility index (Phi) is 6.83. The highest BCUT2D eigenvalue weighted by atomic mass is 19.3. The van der Waals surface area contributed by atoms with Crippen LogP contribution in [0.25, 0.3) is 10.9 Å². The number of benzene rings is 1. The maximum Gasteiger partial charge on any atom is 0.277 e. The molecule has 1 aliphatic carbocycles. The highest BCUT2D eigenvalue weighted by Gasteiger charge is 2.47. The molecule has 0 unspecified atom stereocenters. The van der Waals surface area contributed by atoms with E-state index in [-0.39, 0.29) is 23.2 Å². The van der Waals surface area contributed by atoms with Crippen LogP contribution < -0.4 is 15.8 Å². The highest BCUT2D eigenvalue weighted by molar-refractivity contribution is 5.97. The number of hydrogen-bond acceptors (Lipinski definition) is 6. The zero-order valence-electron chi connectivity index (χ0n) is 21.8. The number of nitrogens with zero attached hydrogens (tertiary/aromatic N) is 4.